The van der Waals surface area contributed by atoms with Gasteiger partial charge in [-0.1, -0.05) is 18.1 Å². The van der Waals surface area contributed by atoms with E-state index in [-0.39, 0.29) is 17.8 Å². The van der Waals surface area contributed by atoms with E-state index in [1.54, 1.807) is 6.20 Å². The van der Waals surface area contributed by atoms with Gasteiger partial charge in [-0.25, -0.2) is 0 Å². The van der Waals surface area contributed by atoms with E-state index in [1.807, 2.05) is 32.0 Å². The summed E-state index contributed by atoms with van der Waals surface area (Å²) in [6.45, 7) is 3.90. The maximum absolute atomic E-state index is 12.5. The fraction of sp³-hybridized carbons (Fsp3) is 0.500. The number of pyridine rings is 1. The number of nitrogens with one attached hydrogen (secondary N) is 1. The van der Waals surface area contributed by atoms with E-state index in [2.05, 4.69) is 15.5 Å². The molecule has 1 unspecified atom stereocenters. The molecule has 0 radical (unpaired) electrons. The van der Waals surface area contributed by atoms with Crippen LogP contribution in [0.4, 0.5) is 0 Å². The molecule has 1 aromatic heterocycles. The fourth-order valence-corrected chi connectivity index (χ4v) is 2.78. The van der Waals surface area contributed by atoms with E-state index < -0.39 is 5.41 Å². The summed E-state index contributed by atoms with van der Waals surface area (Å²) in [6, 6.07) is 5.33. The zero-order chi connectivity index (χ0) is 14.8. The topological polar surface area (TPSA) is 101 Å². The number of nitrogens with two attached hydrogens (primary N) is 1. The summed E-state index contributed by atoms with van der Waals surface area (Å²) in [7, 11) is 0. The van der Waals surface area contributed by atoms with Crippen molar-refractivity contribution in [3.05, 3.63) is 30.1 Å². The lowest BCUT2D eigenvalue weighted by Gasteiger charge is -2.44. The van der Waals surface area contributed by atoms with Gasteiger partial charge in [-0.15, -0.1) is 0 Å². The highest BCUT2D eigenvalue weighted by Crippen LogP contribution is 2.46. The van der Waals surface area contributed by atoms with Gasteiger partial charge in [0.25, 0.3) is 0 Å². The van der Waals surface area contributed by atoms with Crippen molar-refractivity contribution in [3.8, 4) is 0 Å². The van der Waals surface area contributed by atoms with E-state index >= 15 is 0 Å². The molecule has 0 aromatic carbocycles. The highest BCUT2D eigenvalue weighted by molar-refractivity contribution is 6.07. The third kappa shape index (κ3) is 2.45. The molecule has 0 saturated heterocycles. The minimum Gasteiger partial charge on any atom is -0.409 e. The van der Waals surface area contributed by atoms with Crippen molar-refractivity contribution in [1.29, 1.82) is 0 Å². The van der Waals surface area contributed by atoms with Gasteiger partial charge in [0, 0.05) is 6.20 Å². The minimum atomic E-state index is -0.878. The zero-order valence-electron chi connectivity index (χ0n) is 11.7. The molecule has 1 atom stereocenters. The second kappa shape index (κ2) is 5.48. The van der Waals surface area contributed by atoms with E-state index in [4.69, 9.17) is 10.9 Å². The molecule has 1 fully saturated rings. The van der Waals surface area contributed by atoms with Crippen molar-refractivity contribution in [2.75, 3.05) is 0 Å². The molecule has 108 valence electrons. The number of aromatic nitrogens is 1. The Morgan fingerprint density at radius 2 is 2.30 bits per heavy atom. The fourth-order valence-electron chi connectivity index (χ4n) is 2.78. The van der Waals surface area contributed by atoms with Crippen molar-refractivity contribution in [2.45, 2.75) is 32.7 Å². The normalized spacial score (nSPS) is 27.5. The van der Waals surface area contributed by atoms with Gasteiger partial charge in [-0.2, -0.15) is 0 Å². The summed E-state index contributed by atoms with van der Waals surface area (Å²) in [6.07, 6.45) is 2.88. The van der Waals surface area contributed by atoms with Crippen LogP contribution in [0.3, 0.4) is 0 Å². The molecule has 0 spiro atoms. The summed E-state index contributed by atoms with van der Waals surface area (Å²) < 4.78 is 0. The lowest BCUT2D eigenvalue weighted by molar-refractivity contribution is -0.133. The Bertz CT molecular complexity index is 509. The lowest BCUT2D eigenvalue weighted by atomic mass is 9.61. The molecule has 1 amide bonds. The highest BCUT2D eigenvalue weighted by atomic mass is 16.4. The van der Waals surface area contributed by atoms with Crippen LogP contribution in [0.2, 0.25) is 0 Å². The first-order valence-corrected chi connectivity index (χ1v) is 6.69. The average molecular weight is 276 g/mol. The van der Waals surface area contributed by atoms with Gasteiger partial charge in [0.15, 0.2) is 5.84 Å². The zero-order valence-corrected chi connectivity index (χ0v) is 11.7. The molecule has 2 rings (SSSR count). The first kappa shape index (κ1) is 14.3. The predicted molar refractivity (Wildman–Crippen MR) is 75.0 cm³/mol. The van der Waals surface area contributed by atoms with Crippen LogP contribution in [0, 0.1) is 11.3 Å². The van der Waals surface area contributed by atoms with Gasteiger partial charge in [-0.05, 0) is 37.8 Å². The first-order valence-electron chi connectivity index (χ1n) is 6.69. The second-order valence-corrected chi connectivity index (χ2v) is 5.53. The monoisotopic (exact) mass is 276 g/mol. The van der Waals surface area contributed by atoms with Crippen molar-refractivity contribution in [3.63, 3.8) is 0 Å². The summed E-state index contributed by atoms with van der Waals surface area (Å²) in [4.78, 5) is 16.7. The molecule has 20 heavy (non-hydrogen) atoms. The van der Waals surface area contributed by atoms with Gasteiger partial charge in [0.2, 0.25) is 5.91 Å². The Labute approximate surface area is 118 Å². The molecule has 0 aliphatic heterocycles. The molecule has 1 aliphatic carbocycles. The van der Waals surface area contributed by atoms with Gasteiger partial charge in [0.05, 0.1) is 11.7 Å². The number of carbonyl (C=O) groups excluding carboxylic acids is 1. The molecule has 6 nitrogen and oxygen atoms in total. The number of carbonyl (C=O) groups is 1. The number of hydrogen-bond acceptors (Lipinski definition) is 4. The largest absolute Gasteiger partial charge is 0.409 e. The Morgan fingerprint density at radius 1 is 1.60 bits per heavy atom. The number of rotatable bonds is 4. The standard InChI is InChI=1S/C14H20N4O2/c1-9-7-14(8-9,12(15)18-20)13(19)17-10(2)11-5-3-4-6-16-11/h3-6,9-10,20H,7-8H2,1-2H3,(H2,15,18)(H,17,19). The van der Waals surface area contributed by atoms with Crippen LogP contribution in [-0.2, 0) is 4.79 Å². The smallest absolute Gasteiger partial charge is 0.234 e. The predicted octanol–water partition coefficient (Wildman–Crippen LogP) is 1.42. The number of oxime groups is 1. The molecule has 4 N–H and O–H groups in total. The van der Waals surface area contributed by atoms with Crippen LogP contribution in [0.25, 0.3) is 0 Å². The maximum atomic E-state index is 12.5. The molecule has 1 saturated carbocycles. The number of hydrogen-bond donors (Lipinski definition) is 3. The Balaban J connectivity index is 2.11. The van der Waals surface area contributed by atoms with Crippen LogP contribution in [0.15, 0.2) is 29.6 Å². The van der Waals surface area contributed by atoms with Gasteiger partial charge in [-0.3, -0.25) is 9.78 Å². The van der Waals surface area contributed by atoms with E-state index in [0.29, 0.717) is 18.8 Å². The maximum Gasteiger partial charge on any atom is 0.234 e. The molecule has 0 bridgehead atoms. The van der Waals surface area contributed by atoms with Crippen molar-refractivity contribution in [2.24, 2.45) is 22.2 Å². The van der Waals surface area contributed by atoms with Crippen LogP contribution < -0.4 is 11.1 Å². The van der Waals surface area contributed by atoms with Crippen molar-refractivity contribution < 1.29 is 10.0 Å². The summed E-state index contributed by atoms with van der Waals surface area (Å²) >= 11 is 0. The van der Waals surface area contributed by atoms with E-state index in [9.17, 15) is 4.79 Å². The SMILES string of the molecule is CC1CC(C(=O)NC(C)c2ccccn2)(/C(N)=N/O)C1. The van der Waals surface area contributed by atoms with E-state index in [0.717, 1.165) is 5.69 Å². The Morgan fingerprint density at radius 3 is 2.80 bits per heavy atom. The molecular formula is C14H20N4O2. The van der Waals surface area contributed by atoms with Gasteiger partial charge in [0.1, 0.15) is 5.41 Å². The Kier molecular flexibility index (Phi) is 3.92. The van der Waals surface area contributed by atoms with Crippen molar-refractivity contribution in [1.82, 2.24) is 10.3 Å². The van der Waals surface area contributed by atoms with E-state index in [1.165, 1.54) is 0 Å². The first-order chi connectivity index (χ1) is 9.49. The average Bonchev–Trinajstić information content (AvgIpc) is 2.43. The summed E-state index contributed by atoms with van der Waals surface area (Å²) in [5.41, 5.74) is 5.62. The molecule has 6 heteroatoms. The second-order valence-electron chi connectivity index (χ2n) is 5.53. The number of nitrogens with zero attached hydrogens (tertiary/aromatic N) is 2. The van der Waals surface area contributed by atoms with Gasteiger partial charge < -0.3 is 16.3 Å². The minimum absolute atomic E-state index is 0.0127. The van der Waals surface area contributed by atoms with Crippen molar-refractivity contribution >= 4 is 11.7 Å². The molecular weight excluding hydrogens is 256 g/mol. The third-order valence-corrected chi connectivity index (χ3v) is 3.91. The molecule has 1 aliphatic rings. The van der Waals surface area contributed by atoms with Crippen LogP contribution in [-0.4, -0.2) is 21.9 Å². The molecule has 1 heterocycles. The molecule has 1 aromatic rings. The number of amides is 1. The lowest BCUT2D eigenvalue weighted by Crippen LogP contribution is -2.57. The van der Waals surface area contributed by atoms with Crippen LogP contribution in [0.5, 0.6) is 0 Å². The Hall–Kier alpha value is -2.11. The quantitative estimate of drug-likeness (QED) is 0.335. The van der Waals surface area contributed by atoms with Crippen LogP contribution >= 0.6 is 0 Å². The highest BCUT2D eigenvalue weighted by Gasteiger charge is 2.52. The van der Waals surface area contributed by atoms with Crippen LogP contribution in [0.1, 0.15) is 38.4 Å². The summed E-state index contributed by atoms with van der Waals surface area (Å²) in [5.74, 6) is 0.177. The number of amidine groups is 1. The van der Waals surface area contributed by atoms with Gasteiger partial charge >= 0.3 is 0 Å². The summed E-state index contributed by atoms with van der Waals surface area (Å²) in [5, 5.41) is 14.8. The third-order valence-electron chi connectivity index (χ3n) is 3.91.